The number of aromatic nitrogens is 1. The first-order valence-electron chi connectivity index (χ1n) is 10.2. The Kier molecular flexibility index (Phi) is 6.67. The number of hydrogen-bond donors (Lipinski definition) is 0. The van der Waals surface area contributed by atoms with E-state index in [-0.39, 0.29) is 0 Å². The van der Waals surface area contributed by atoms with Crippen LogP contribution >= 0.6 is 11.3 Å². The van der Waals surface area contributed by atoms with Gasteiger partial charge in [-0.3, -0.25) is 0 Å². The van der Waals surface area contributed by atoms with Crippen LogP contribution in [0.4, 0.5) is 0 Å². The summed E-state index contributed by atoms with van der Waals surface area (Å²) >= 11 is 1.46. The molecule has 0 radical (unpaired) electrons. The van der Waals surface area contributed by atoms with Crippen molar-refractivity contribution in [3.8, 4) is 23.3 Å². The van der Waals surface area contributed by atoms with Crippen LogP contribution < -0.4 is 14.2 Å². The zero-order valence-electron chi connectivity index (χ0n) is 18.1. The van der Waals surface area contributed by atoms with Gasteiger partial charge in [0.25, 0.3) is 0 Å². The molecule has 4 rings (SSSR count). The van der Waals surface area contributed by atoms with Crippen LogP contribution in [-0.2, 0) is 0 Å². The lowest BCUT2D eigenvalue weighted by Gasteiger charge is -2.12. The Morgan fingerprint density at radius 1 is 1.09 bits per heavy atom. The lowest BCUT2D eigenvalue weighted by Crippen LogP contribution is -2.09. The normalized spacial score (nSPS) is 11.1. The molecule has 0 amide bonds. The van der Waals surface area contributed by atoms with Crippen LogP contribution in [0.1, 0.15) is 27.9 Å². The van der Waals surface area contributed by atoms with E-state index >= 15 is 0 Å². The van der Waals surface area contributed by atoms with E-state index in [0.717, 1.165) is 15.8 Å². The minimum absolute atomic E-state index is 0.299. The molecule has 0 aliphatic heterocycles. The maximum Gasteiger partial charge on any atom is 0.343 e. The van der Waals surface area contributed by atoms with Crippen molar-refractivity contribution in [3.05, 3.63) is 82.9 Å². The molecule has 33 heavy (non-hydrogen) atoms. The zero-order valence-corrected chi connectivity index (χ0v) is 18.9. The van der Waals surface area contributed by atoms with Gasteiger partial charge in [-0.1, -0.05) is 18.2 Å². The number of carbonyl (C=O) groups excluding carboxylic acids is 1. The number of para-hydroxylation sites is 1. The van der Waals surface area contributed by atoms with Gasteiger partial charge in [0.05, 0.1) is 35.1 Å². The molecule has 7 heteroatoms. The van der Waals surface area contributed by atoms with Gasteiger partial charge < -0.3 is 14.2 Å². The SMILES string of the molecule is CCOc1cc(/C=C(/C#N)c2nc3ccccc3s2)ccc1OC(=O)c1ccc(OC)cc1. The first kappa shape index (κ1) is 22.1. The summed E-state index contributed by atoms with van der Waals surface area (Å²) in [4.78, 5) is 17.1. The van der Waals surface area contributed by atoms with Gasteiger partial charge in [0.15, 0.2) is 11.5 Å². The first-order chi connectivity index (χ1) is 16.1. The number of esters is 1. The minimum Gasteiger partial charge on any atom is -0.497 e. The van der Waals surface area contributed by atoms with Crippen molar-refractivity contribution in [2.24, 2.45) is 0 Å². The third-order valence-electron chi connectivity index (χ3n) is 4.75. The molecule has 3 aromatic carbocycles. The number of fused-ring (bicyclic) bond motifs is 1. The van der Waals surface area contributed by atoms with E-state index < -0.39 is 5.97 Å². The fourth-order valence-corrected chi connectivity index (χ4v) is 4.08. The largest absolute Gasteiger partial charge is 0.497 e. The topological polar surface area (TPSA) is 81.4 Å². The molecule has 0 aliphatic carbocycles. The van der Waals surface area contributed by atoms with Crippen molar-refractivity contribution < 1.29 is 19.0 Å². The van der Waals surface area contributed by atoms with Gasteiger partial charge in [-0.25, -0.2) is 9.78 Å². The fraction of sp³-hybridized carbons (Fsp3) is 0.115. The van der Waals surface area contributed by atoms with Crippen LogP contribution in [-0.4, -0.2) is 24.7 Å². The summed E-state index contributed by atoms with van der Waals surface area (Å²) in [6.45, 7) is 2.24. The van der Waals surface area contributed by atoms with Crippen LogP contribution in [0.25, 0.3) is 21.9 Å². The van der Waals surface area contributed by atoms with Crippen molar-refractivity contribution in [2.45, 2.75) is 6.92 Å². The molecule has 164 valence electrons. The number of rotatable bonds is 7. The number of carbonyl (C=O) groups is 1. The Bertz CT molecular complexity index is 1330. The summed E-state index contributed by atoms with van der Waals surface area (Å²) in [5.74, 6) is 0.858. The molecule has 0 N–H and O–H groups in total. The summed E-state index contributed by atoms with van der Waals surface area (Å²) in [5.41, 5.74) is 2.43. The van der Waals surface area contributed by atoms with E-state index in [1.165, 1.54) is 11.3 Å². The predicted octanol–water partition coefficient (Wildman–Crippen LogP) is 5.99. The number of nitriles is 1. The van der Waals surface area contributed by atoms with Crippen LogP contribution in [0.3, 0.4) is 0 Å². The Hall–Kier alpha value is -4.15. The number of methoxy groups -OCH3 is 1. The smallest absolute Gasteiger partial charge is 0.343 e. The molecule has 0 aliphatic rings. The third-order valence-corrected chi connectivity index (χ3v) is 5.82. The number of benzene rings is 3. The first-order valence-corrected chi connectivity index (χ1v) is 11.0. The highest BCUT2D eigenvalue weighted by Gasteiger charge is 2.14. The van der Waals surface area contributed by atoms with Crippen molar-refractivity contribution in [2.75, 3.05) is 13.7 Å². The second-order valence-electron chi connectivity index (χ2n) is 6.91. The van der Waals surface area contributed by atoms with Crippen molar-refractivity contribution >= 4 is 39.2 Å². The lowest BCUT2D eigenvalue weighted by molar-refractivity contribution is 0.0728. The van der Waals surface area contributed by atoms with Gasteiger partial charge in [0, 0.05) is 0 Å². The molecule has 1 aromatic heterocycles. The Morgan fingerprint density at radius 3 is 2.58 bits per heavy atom. The highest BCUT2D eigenvalue weighted by molar-refractivity contribution is 7.19. The molecule has 1 heterocycles. The fourth-order valence-electron chi connectivity index (χ4n) is 3.15. The molecule has 0 saturated heterocycles. The molecule has 0 saturated carbocycles. The second-order valence-corrected chi connectivity index (χ2v) is 7.94. The zero-order chi connectivity index (χ0) is 23.2. The summed E-state index contributed by atoms with van der Waals surface area (Å²) in [6, 6.07) is 21.8. The Morgan fingerprint density at radius 2 is 1.88 bits per heavy atom. The van der Waals surface area contributed by atoms with E-state index in [0.29, 0.717) is 40.0 Å². The van der Waals surface area contributed by atoms with E-state index in [2.05, 4.69) is 11.1 Å². The maximum atomic E-state index is 12.6. The molecular formula is C26H20N2O4S. The molecule has 4 aromatic rings. The Labute approximate surface area is 195 Å². The summed E-state index contributed by atoms with van der Waals surface area (Å²) < 4.78 is 17.4. The summed E-state index contributed by atoms with van der Waals surface area (Å²) in [7, 11) is 1.56. The number of thiazole rings is 1. The van der Waals surface area contributed by atoms with E-state index in [1.807, 2.05) is 31.2 Å². The van der Waals surface area contributed by atoms with Gasteiger partial charge in [0.1, 0.15) is 16.8 Å². The van der Waals surface area contributed by atoms with E-state index in [9.17, 15) is 10.1 Å². The highest BCUT2D eigenvalue weighted by atomic mass is 32.1. The minimum atomic E-state index is -0.505. The number of ether oxygens (including phenoxy) is 3. The van der Waals surface area contributed by atoms with Gasteiger partial charge >= 0.3 is 5.97 Å². The van der Waals surface area contributed by atoms with Crippen molar-refractivity contribution in [1.82, 2.24) is 4.98 Å². The van der Waals surface area contributed by atoms with Gasteiger partial charge in [-0.05, 0) is 67.1 Å². The van der Waals surface area contributed by atoms with Crippen molar-refractivity contribution in [1.29, 1.82) is 5.26 Å². The molecule has 0 unspecified atom stereocenters. The summed E-state index contributed by atoms with van der Waals surface area (Å²) in [6.07, 6.45) is 1.75. The average molecular weight is 457 g/mol. The number of nitrogens with zero attached hydrogens (tertiary/aromatic N) is 2. The predicted molar refractivity (Wildman–Crippen MR) is 129 cm³/mol. The quantitative estimate of drug-likeness (QED) is 0.193. The average Bonchev–Trinajstić information content (AvgIpc) is 3.28. The molecule has 0 atom stereocenters. The highest BCUT2D eigenvalue weighted by Crippen LogP contribution is 2.32. The van der Waals surface area contributed by atoms with Gasteiger partial charge in [-0.2, -0.15) is 5.26 Å². The molecular weight excluding hydrogens is 436 g/mol. The molecule has 0 fully saturated rings. The van der Waals surface area contributed by atoms with Crippen LogP contribution in [0.5, 0.6) is 17.2 Å². The van der Waals surface area contributed by atoms with Crippen molar-refractivity contribution in [3.63, 3.8) is 0 Å². The van der Waals surface area contributed by atoms with E-state index in [1.54, 1.807) is 55.7 Å². The summed E-state index contributed by atoms with van der Waals surface area (Å²) in [5, 5.41) is 10.4. The lowest BCUT2D eigenvalue weighted by atomic mass is 10.1. The van der Waals surface area contributed by atoms with Crippen LogP contribution in [0.15, 0.2) is 66.7 Å². The molecule has 6 nitrogen and oxygen atoms in total. The molecule has 0 spiro atoms. The molecule has 0 bridgehead atoms. The standard InChI is InChI=1S/C26H20N2O4S/c1-3-31-23-15-17(14-19(16-27)25-28-21-6-4-5-7-24(21)33-25)8-13-22(23)32-26(29)18-9-11-20(30-2)12-10-18/h4-15H,3H2,1-2H3/b19-14-. The Balaban J connectivity index is 1.61. The van der Waals surface area contributed by atoms with E-state index in [4.69, 9.17) is 14.2 Å². The van der Waals surface area contributed by atoms with Gasteiger partial charge in [-0.15, -0.1) is 11.3 Å². The van der Waals surface area contributed by atoms with Gasteiger partial charge in [0.2, 0.25) is 0 Å². The third kappa shape index (κ3) is 5.03. The van der Waals surface area contributed by atoms with Crippen LogP contribution in [0.2, 0.25) is 0 Å². The number of hydrogen-bond acceptors (Lipinski definition) is 7. The second kappa shape index (κ2) is 9.98. The maximum absolute atomic E-state index is 12.6. The van der Waals surface area contributed by atoms with Crippen LogP contribution in [0, 0.1) is 11.3 Å². The number of allylic oxidation sites excluding steroid dienone is 1. The monoisotopic (exact) mass is 456 g/mol.